The highest BCUT2D eigenvalue weighted by Gasteiger charge is 2.30. The minimum absolute atomic E-state index is 0.186. The Hall–Kier alpha value is -0.980. The van der Waals surface area contributed by atoms with Crippen molar-refractivity contribution in [3.05, 3.63) is 23.0 Å². The molecule has 3 N–H and O–H groups in total. The summed E-state index contributed by atoms with van der Waals surface area (Å²) in [6, 6.07) is 0. The van der Waals surface area contributed by atoms with Crippen LogP contribution in [0.15, 0.2) is 6.20 Å². The van der Waals surface area contributed by atoms with Crippen molar-refractivity contribution in [3.63, 3.8) is 0 Å². The van der Waals surface area contributed by atoms with E-state index in [2.05, 4.69) is 10.3 Å². The molecule has 0 saturated carbocycles. The van der Waals surface area contributed by atoms with Crippen molar-refractivity contribution >= 4 is 7.60 Å². The van der Waals surface area contributed by atoms with Crippen LogP contribution in [0.4, 0.5) is 0 Å². The molecule has 0 unspecified atom stereocenters. The number of nitrogens with one attached hydrogen (secondary N) is 1. The first-order chi connectivity index (χ1) is 9.68. The third kappa shape index (κ3) is 4.49. The molecular formula is C13H21N2O5P. The van der Waals surface area contributed by atoms with Crippen LogP contribution in [0, 0.1) is 6.92 Å². The number of hydrogen-bond acceptors (Lipinski definition) is 5. The Labute approximate surface area is 123 Å². The molecule has 1 aromatic heterocycles. The van der Waals surface area contributed by atoms with E-state index in [1.807, 2.05) is 20.8 Å². The van der Waals surface area contributed by atoms with Crippen LogP contribution < -0.4 is 10.1 Å². The lowest BCUT2D eigenvalue weighted by Gasteiger charge is -2.34. The Morgan fingerprint density at radius 3 is 2.86 bits per heavy atom. The number of aryl methyl sites for hydroxylation is 1. The van der Waals surface area contributed by atoms with E-state index in [4.69, 9.17) is 19.3 Å². The molecule has 1 aliphatic rings. The van der Waals surface area contributed by atoms with Crippen LogP contribution in [-0.2, 0) is 22.5 Å². The fraction of sp³-hybridized carbons (Fsp3) is 0.615. The summed E-state index contributed by atoms with van der Waals surface area (Å²) in [6.07, 6.45) is 1.55. The first kappa shape index (κ1) is 16.4. The van der Waals surface area contributed by atoms with Gasteiger partial charge in [0, 0.05) is 38.7 Å². The van der Waals surface area contributed by atoms with E-state index < -0.39 is 13.4 Å². The summed E-state index contributed by atoms with van der Waals surface area (Å²) < 4.78 is 22.3. The van der Waals surface area contributed by atoms with Crippen LogP contribution in [0.1, 0.15) is 30.7 Å². The van der Waals surface area contributed by atoms with Crippen molar-refractivity contribution in [2.24, 2.45) is 0 Å². The van der Waals surface area contributed by atoms with Gasteiger partial charge in [-0.15, -0.1) is 0 Å². The molecule has 0 aromatic carbocycles. The third-order valence-electron chi connectivity index (χ3n) is 3.21. The zero-order valence-corrected chi connectivity index (χ0v) is 13.3. The van der Waals surface area contributed by atoms with E-state index in [-0.39, 0.29) is 12.7 Å². The van der Waals surface area contributed by atoms with Crippen molar-refractivity contribution in [1.29, 1.82) is 0 Å². The van der Waals surface area contributed by atoms with Crippen LogP contribution in [0.2, 0.25) is 0 Å². The average Bonchev–Trinajstić information content (AvgIpc) is 2.35. The summed E-state index contributed by atoms with van der Waals surface area (Å²) >= 11 is 0. The van der Waals surface area contributed by atoms with Gasteiger partial charge < -0.3 is 24.6 Å². The summed E-state index contributed by atoms with van der Waals surface area (Å²) in [6.45, 7) is 6.70. The monoisotopic (exact) mass is 316 g/mol. The molecule has 0 atom stereocenters. The molecule has 7 nitrogen and oxygen atoms in total. The third-order valence-corrected chi connectivity index (χ3v) is 4.02. The largest absolute Gasteiger partial charge is 0.461 e. The van der Waals surface area contributed by atoms with Crippen molar-refractivity contribution < 1.29 is 23.8 Å². The van der Waals surface area contributed by atoms with Crippen LogP contribution in [-0.4, -0.2) is 33.3 Å². The highest BCUT2D eigenvalue weighted by molar-refractivity contribution is 7.51. The van der Waals surface area contributed by atoms with Gasteiger partial charge in [-0.25, -0.2) is 0 Å². The van der Waals surface area contributed by atoms with Crippen LogP contribution in [0.25, 0.3) is 0 Å². The van der Waals surface area contributed by atoms with Crippen molar-refractivity contribution in [1.82, 2.24) is 10.3 Å². The molecular weight excluding hydrogens is 295 g/mol. The number of rotatable bonds is 5. The summed E-state index contributed by atoms with van der Waals surface area (Å²) in [5, 5.41) is 3.01. The van der Waals surface area contributed by atoms with E-state index in [9.17, 15) is 4.57 Å². The number of pyridine rings is 1. The molecule has 0 spiro atoms. The van der Waals surface area contributed by atoms with Crippen molar-refractivity contribution in [2.45, 2.75) is 39.7 Å². The molecule has 0 aliphatic carbocycles. The second-order valence-corrected chi connectivity index (χ2v) is 7.31. The van der Waals surface area contributed by atoms with E-state index in [0.717, 1.165) is 22.6 Å². The average molecular weight is 316 g/mol. The van der Waals surface area contributed by atoms with Crippen molar-refractivity contribution in [2.75, 3.05) is 12.7 Å². The normalized spacial score (nSPS) is 17.2. The number of ether oxygens (including phenoxy) is 2. The van der Waals surface area contributed by atoms with Gasteiger partial charge in [0.25, 0.3) is 0 Å². The predicted octanol–water partition coefficient (Wildman–Crippen LogP) is 1.30. The van der Waals surface area contributed by atoms with Crippen molar-refractivity contribution in [3.8, 4) is 5.75 Å². The van der Waals surface area contributed by atoms with Gasteiger partial charge in [-0.3, -0.25) is 9.55 Å². The molecule has 0 fully saturated rings. The number of hydrogen-bond donors (Lipinski definition) is 3. The number of fused-ring (bicyclic) bond motifs is 1. The molecule has 0 bridgehead atoms. The summed E-state index contributed by atoms with van der Waals surface area (Å²) in [4.78, 5) is 22.0. The van der Waals surface area contributed by atoms with Gasteiger partial charge in [0.1, 0.15) is 5.75 Å². The molecule has 2 rings (SSSR count). The maximum Gasteiger partial charge on any atom is 0.326 e. The fourth-order valence-electron chi connectivity index (χ4n) is 2.09. The summed E-state index contributed by atoms with van der Waals surface area (Å²) in [7, 11) is -3.96. The lowest BCUT2D eigenvalue weighted by atomic mass is 10.1. The Morgan fingerprint density at radius 2 is 2.19 bits per heavy atom. The Morgan fingerprint density at radius 1 is 1.48 bits per heavy atom. The Bertz CT molecular complexity index is 570. The lowest BCUT2D eigenvalue weighted by Crippen LogP contribution is -2.36. The van der Waals surface area contributed by atoms with E-state index in [1.54, 1.807) is 6.20 Å². The van der Waals surface area contributed by atoms with Gasteiger partial charge in [0.05, 0.1) is 18.5 Å². The number of aromatic nitrogens is 1. The molecule has 0 radical (unpaired) electrons. The molecule has 21 heavy (non-hydrogen) atoms. The number of nitrogens with zero attached hydrogens (tertiary/aromatic N) is 1. The SMILES string of the molecule is Cc1ncc(CNCCP(=O)(O)O)c2c1OC(C)(C)OC2. The predicted molar refractivity (Wildman–Crippen MR) is 77.1 cm³/mol. The van der Waals surface area contributed by atoms with Gasteiger partial charge in [0.2, 0.25) is 5.79 Å². The van der Waals surface area contributed by atoms with E-state index in [0.29, 0.717) is 13.2 Å². The lowest BCUT2D eigenvalue weighted by molar-refractivity contribution is -0.180. The molecule has 0 saturated heterocycles. The Balaban J connectivity index is 2.07. The molecule has 2 heterocycles. The quantitative estimate of drug-likeness (QED) is 0.556. The Kier molecular flexibility index (Phi) is 4.70. The second-order valence-electron chi connectivity index (χ2n) is 5.53. The first-order valence-electron chi connectivity index (χ1n) is 6.73. The van der Waals surface area contributed by atoms with Crippen LogP contribution in [0.5, 0.6) is 5.75 Å². The summed E-state index contributed by atoms with van der Waals surface area (Å²) in [5.74, 6) is 0.0619. The van der Waals surface area contributed by atoms with Gasteiger partial charge >= 0.3 is 7.60 Å². The fourth-order valence-corrected chi connectivity index (χ4v) is 2.54. The maximum atomic E-state index is 10.8. The van der Waals surface area contributed by atoms with Gasteiger partial charge in [0.15, 0.2) is 0 Å². The highest BCUT2D eigenvalue weighted by Crippen LogP contribution is 2.35. The van der Waals surface area contributed by atoms with Gasteiger partial charge in [-0.1, -0.05) is 0 Å². The van der Waals surface area contributed by atoms with Gasteiger partial charge in [-0.2, -0.15) is 0 Å². The smallest absolute Gasteiger partial charge is 0.326 e. The summed E-state index contributed by atoms with van der Waals surface area (Å²) in [5.41, 5.74) is 2.66. The first-order valence-corrected chi connectivity index (χ1v) is 8.53. The zero-order valence-electron chi connectivity index (χ0n) is 12.4. The molecule has 0 amide bonds. The maximum absolute atomic E-state index is 10.8. The second kappa shape index (κ2) is 6.02. The minimum atomic E-state index is -3.96. The van der Waals surface area contributed by atoms with Gasteiger partial charge in [-0.05, 0) is 12.5 Å². The minimum Gasteiger partial charge on any atom is -0.461 e. The highest BCUT2D eigenvalue weighted by atomic mass is 31.2. The van der Waals surface area contributed by atoms with E-state index >= 15 is 0 Å². The molecule has 1 aromatic rings. The molecule has 8 heteroatoms. The van der Waals surface area contributed by atoms with Crippen LogP contribution in [0.3, 0.4) is 0 Å². The van der Waals surface area contributed by atoms with E-state index in [1.165, 1.54) is 0 Å². The van der Waals surface area contributed by atoms with Crippen LogP contribution >= 0.6 is 7.60 Å². The standard InChI is InChI=1S/C13H21N2O5P/c1-9-12-11(8-19-13(2,3)20-12)10(7-15-9)6-14-4-5-21(16,17)18/h7,14H,4-6,8H2,1-3H3,(H2,16,17,18). The zero-order chi connectivity index (χ0) is 15.7. The topological polar surface area (TPSA) is 101 Å². The molecule has 118 valence electrons. The molecule has 1 aliphatic heterocycles.